The molecule has 32 heavy (non-hydrogen) atoms. The van der Waals surface area contributed by atoms with Gasteiger partial charge in [0, 0.05) is 5.92 Å². The van der Waals surface area contributed by atoms with Crippen molar-refractivity contribution in [3.05, 3.63) is 59.2 Å². The molecule has 3 rings (SSSR count). The Morgan fingerprint density at radius 1 is 0.781 bits per heavy atom. The molecule has 1 aliphatic carbocycles. The predicted octanol–water partition coefficient (Wildman–Crippen LogP) is 2.63. The molecule has 2 aromatic carbocycles. The summed E-state index contributed by atoms with van der Waals surface area (Å²) in [7, 11) is 6.64. The van der Waals surface area contributed by atoms with E-state index in [0.717, 1.165) is 5.56 Å². The molecule has 0 saturated carbocycles. The number of methoxy groups -OCH3 is 5. The largest absolute Gasteiger partial charge is 0.497 e. The quantitative estimate of drug-likeness (QED) is 0.383. The molecular formula is C24H26O8. The van der Waals surface area contributed by atoms with E-state index in [1.807, 2.05) is 0 Å². The Kier molecular flexibility index (Phi) is 6.72. The van der Waals surface area contributed by atoms with E-state index in [2.05, 4.69) is 0 Å². The Hall–Kier alpha value is -3.55. The molecule has 2 aromatic rings. The van der Waals surface area contributed by atoms with Crippen molar-refractivity contribution in [1.82, 2.24) is 0 Å². The fraction of sp³-hybridized carbons (Fsp3) is 0.375. The minimum Gasteiger partial charge on any atom is -0.497 e. The van der Waals surface area contributed by atoms with Crippen LogP contribution in [-0.4, -0.2) is 53.5 Å². The van der Waals surface area contributed by atoms with Gasteiger partial charge in [0.25, 0.3) is 0 Å². The molecule has 2 atom stereocenters. The third kappa shape index (κ3) is 3.55. The molecule has 0 spiro atoms. The number of carbonyl (C=O) groups is 3. The van der Waals surface area contributed by atoms with Gasteiger partial charge in [-0.15, -0.1) is 0 Å². The van der Waals surface area contributed by atoms with Gasteiger partial charge in [-0.2, -0.15) is 0 Å². The van der Waals surface area contributed by atoms with Crippen molar-refractivity contribution in [2.75, 3.05) is 35.5 Å². The van der Waals surface area contributed by atoms with E-state index in [4.69, 9.17) is 23.7 Å². The van der Waals surface area contributed by atoms with Crippen molar-refractivity contribution in [2.24, 2.45) is 5.41 Å². The van der Waals surface area contributed by atoms with Crippen molar-refractivity contribution in [3.8, 4) is 11.5 Å². The Labute approximate surface area is 186 Å². The average molecular weight is 442 g/mol. The molecule has 8 nitrogen and oxygen atoms in total. The summed E-state index contributed by atoms with van der Waals surface area (Å²) >= 11 is 0. The summed E-state index contributed by atoms with van der Waals surface area (Å²) in [6, 6.07) is 12.1. The van der Waals surface area contributed by atoms with Gasteiger partial charge in [-0.05, 0) is 47.4 Å². The summed E-state index contributed by atoms with van der Waals surface area (Å²) in [6.45, 7) is 0. The van der Waals surface area contributed by atoms with Crippen LogP contribution in [0.1, 0.15) is 28.5 Å². The second kappa shape index (κ2) is 9.30. The number of fused-ring (bicyclic) bond motifs is 1. The lowest BCUT2D eigenvalue weighted by atomic mass is 9.56. The second-order valence-electron chi connectivity index (χ2n) is 7.40. The lowest BCUT2D eigenvalue weighted by molar-refractivity contribution is -0.179. The third-order valence-corrected chi connectivity index (χ3v) is 6.09. The van der Waals surface area contributed by atoms with Crippen LogP contribution in [-0.2, 0) is 35.0 Å². The molecule has 0 bridgehead atoms. The normalized spacial score (nSPS) is 18.7. The van der Waals surface area contributed by atoms with Crippen LogP contribution in [0.2, 0.25) is 0 Å². The van der Waals surface area contributed by atoms with Gasteiger partial charge in [0.1, 0.15) is 17.4 Å². The van der Waals surface area contributed by atoms with Crippen LogP contribution in [0.5, 0.6) is 11.5 Å². The van der Waals surface area contributed by atoms with Gasteiger partial charge in [-0.25, -0.2) is 0 Å². The average Bonchev–Trinajstić information content (AvgIpc) is 2.85. The highest BCUT2D eigenvalue weighted by Gasteiger charge is 2.65. The lowest BCUT2D eigenvalue weighted by Crippen LogP contribution is -2.55. The Balaban J connectivity index is 2.38. The zero-order valence-electron chi connectivity index (χ0n) is 18.7. The molecule has 0 aromatic heterocycles. The number of ether oxygens (including phenoxy) is 5. The molecule has 0 saturated heterocycles. The summed E-state index contributed by atoms with van der Waals surface area (Å²) in [5.74, 6) is -3.36. The molecule has 170 valence electrons. The fourth-order valence-electron chi connectivity index (χ4n) is 4.58. The summed E-state index contributed by atoms with van der Waals surface area (Å²) in [5, 5.41) is 0. The predicted molar refractivity (Wildman–Crippen MR) is 114 cm³/mol. The first-order valence-corrected chi connectivity index (χ1v) is 9.94. The third-order valence-electron chi connectivity index (χ3n) is 6.09. The van der Waals surface area contributed by atoms with E-state index in [0.29, 0.717) is 22.6 Å². The molecule has 0 amide bonds. The van der Waals surface area contributed by atoms with Crippen molar-refractivity contribution in [1.29, 1.82) is 0 Å². The van der Waals surface area contributed by atoms with Gasteiger partial charge in [0.15, 0.2) is 5.41 Å². The molecule has 0 fully saturated rings. The number of esters is 3. The van der Waals surface area contributed by atoms with Crippen LogP contribution in [0.25, 0.3) is 0 Å². The number of benzene rings is 2. The first-order valence-electron chi connectivity index (χ1n) is 9.94. The van der Waals surface area contributed by atoms with Gasteiger partial charge in [0.05, 0.1) is 35.5 Å². The van der Waals surface area contributed by atoms with Crippen LogP contribution < -0.4 is 9.47 Å². The van der Waals surface area contributed by atoms with Crippen LogP contribution in [0.15, 0.2) is 42.5 Å². The molecule has 0 unspecified atom stereocenters. The summed E-state index contributed by atoms with van der Waals surface area (Å²) < 4.78 is 25.8. The second-order valence-corrected chi connectivity index (χ2v) is 7.40. The maximum atomic E-state index is 13.4. The molecule has 0 heterocycles. The van der Waals surface area contributed by atoms with E-state index in [1.165, 1.54) is 28.4 Å². The van der Waals surface area contributed by atoms with Crippen molar-refractivity contribution >= 4 is 17.9 Å². The highest BCUT2D eigenvalue weighted by Crippen LogP contribution is 2.55. The van der Waals surface area contributed by atoms with Crippen LogP contribution in [0.3, 0.4) is 0 Å². The number of carbonyl (C=O) groups excluding carboxylic acids is 3. The van der Waals surface area contributed by atoms with Crippen LogP contribution in [0, 0.1) is 5.41 Å². The van der Waals surface area contributed by atoms with Gasteiger partial charge in [0.2, 0.25) is 0 Å². The minimum atomic E-state index is -1.99. The Bertz CT molecular complexity index is 995. The number of hydrogen-bond acceptors (Lipinski definition) is 8. The molecule has 1 aliphatic rings. The van der Waals surface area contributed by atoms with Crippen LogP contribution in [0.4, 0.5) is 0 Å². The highest BCUT2D eigenvalue weighted by molar-refractivity contribution is 6.07. The summed E-state index contributed by atoms with van der Waals surface area (Å²) in [5.41, 5.74) is -0.113. The fourth-order valence-corrected chi connectivity index (χ4v) is 4.58. The minimum absolute atomic E-state index is 0.260. The first kappa shape index (κ1) is 23.1. The zero-order chi connectivity index (χ0) is 23.5. The topological polar surface area (TPSA) is 97.4 Å². The maximum Gasteiger partial charge on any atom is 0.325 e. The maximum absolute atomic E-state index is 13.4. The standard InChI is InChI=1S/C24H26O8/c1-28-16-8-6-14(7-9-16)19-13-15-12-17(29-2)10-11-18(15)20(21(25)30-3)24(19,22(26)31-4)23(27)32-5/h6-12,19-20H,13H2,1-5H3/t19-,20-/m0/s1. The van der Waals surface area contributed by atoms with Crippen molar-refractivity contribution < 1.29 is 38.1 Å². The molecule has 0 radical (unpaired) electrons. The highest BCUT2D eigenvalue weighted by atomic mass is 16.6. The molecule has 0 aliphatic heterocycles. The van der Waals surface area contributed by atoms with Gasteiger partial charge < -0.3 is 23.7 Å². The van der Waals surface area contributed by atoms with Gasteiger partial charge >= 0.3 is 17.9 Å². The van der Waals surface area contributed by atoms with E-state index in [1.54, 1.807) is 49.6 Å². The van der Waals surface area contributed by atoms with E-state index >= 15 is 0 Å². The van der Waals surface area contributed by atoms with E-state index < -0.39 is 35.2 Å². The number of hydrogen-bond donors (Lipinski definition) is 0. The Morgan fingerprint density at radius 3 is 1.84 bits per heavy atom. The molecule has 8 heteroatoms. The van der Waals surface area contributed by atoms with Crippen LogP contribution >= 0.6 is 0 Å². The zero-order valence-corrected chi connectivity index (χ0v) is 18.7. The number of rotatable bonds is 6. The van der Waals surface area contributed by atoms with E-state index in [9.17, 15) is 14.4 Å². The van der Waals surface area contributed by atoms with Crippen molar-refractivity contribution in [2.45, 2.75) is 18.3 Å². The Morgan fingerprint density at radius 2 is 1.34 bits per heavy atom. The molecular weight excluding hydrogens is 416 g/mol. The first-order chi connectivity index (χ1) is 15.4. The molecule has 0 N–H and O–H groups in total. The lowest BCUT2D eigenvalue weighted by Gasteiger charge is -2.44. The van der Waals surface area contributed by atoms with Gasteiger partial charge in [-0.1, -0.05) is 18.2 Å². The summed E-state index contributed by atoms with van der Waals surface area (Å²) in [4.78, 5) is 39.9. The summed E-state index contributed by atoms with van der Waals surface area (Å²) in [6.07, 6.45) is 0.260. The SMILES string of the molecule is COC(=O)[C@@H]1c2ccc(OC)cc2C[C@@H](c2ccc(OC)cc2)C1(C(=O)OC)C(=O)OC. The van der Waals surface area contributed by atoms with Gasteiger partial charge in [-0.3, -0.25) is 14.4 Å². The smallest absolute Gasteiger partial charge is 0.325 e. The van der Waals surface area contributed by atoms with Crippen molar-refractivity contribution in [3.63, 3.8) is 0 Å². The van der Waals surface area contributed by atoms with E-state index in [-0.39, 0.29) is 6.42 Å². The monoisotopic (exact) mass is 442 g/mol.